The van der Waals surface area contributed by atoms with E-state index < -0.39 is 0 Å². The van der Waals surface area contributed by atoms with Crippen molar-refractivity contribution >= 4 is 46.3 Å². The summed E-state index contributed by atoms with van der Waals surface area (Å²) >= 11 is 0. The fourth-order valence-corrected chi connectivity index (χ4v) is 4.00. The van der Waals surface area contributed by atoms with E-state index in [1.807, 2.05) is 39.8 Å². The molecule has 47 heavy (non-hydrogen) atoms. The van der Waals surface area contributed by atoms with Crippen LogP contribution in [0.25, 0.3) is 9.69 Å². The summed E-state index contributed by atoms with van der Waals surface area (Å²) in [6, 6.07) is 13.7. The van der Waals surface area contributed by atoms with Crippen LogP contribution in [0.3, 0.4) is 0 Å². The van der Waals surface area contributed by atoms with Gasteiger partial charge >= 0.3 is 16.8 Å². The number of hydrogen-bond acceptors (Lipinski definition) is 12. The SMILES string of the molecule is CCN(CC)c1ccc(N=Nc2nc(C#N)c(C#N)[n-]2)c(O)c1.[C-]#[N+]c1nc(N=Nc2ccc(N(CC)CC)cc2O)[n-]c1[N+]#[C-].[Co+2]. The minimum Gasteiger partial charge on any atom is -0.562 e. The number of phenolic OH excluding ortho intramolecular Hbond substituents is 2. The largest absolute Gasteiger partial charge is 2.00 e. The molecule has 2 aromatic carbocycles. The third kappa shape index (κ3) is 9.36. The van der Waals surface area contributed by atoms with Crippen LogP contribution in [0.4, 0.5) is 46.3 Å². The molecule has 0 saturated carbocycles. The van der Waals surface area contributed by atoms with E-state index in [1.54, 1.807) is 36.4 Å². The van der Waals surface area contributed by atoms with E-state index in [4.69, 9.17) is 23.7 Å². The Balaban J connectivity index is 0.000000320. The van der Waals surface area contributed by atoms with Gasteiger partial charge in [0.25, 0.3) is 0 Å². The molecule has 0 fully saturated rings. The molecule has 0 amide bonds. The van der Waals surface area contributed by atoms with Crippen molar-refractivity contribution in [2.45, 2.75) is 27.7 Å². The van der Waals surface area contributed by atoms with Gasteiger partial charge in [-0.3, -0.25) is 15.1 Å². The van der Waals surface area contributed by atoms with E-state index in [-0.39, 0.29) is 74.6 Å². The predicted molar refractivity (Wildman–Crippen MR) is 169 cm³/mol. The molecule has 0 unspecified atom stereocenters. The van der Waals surface area contributed by atoms with Crippen LogP contribution in [-0.4, -0.2) is 46.4 Å². The van der Waals surface area contributed by atoms with Gasteiger partial charge in [-0.25, -0.2) is 11.7 Å². The Morgan fingerprint density at radius 1 is 0.745 bits per heavy atom. The monoisotopic (exact) mass is 675 g/mol. The number of azo groups is 2. The molecule has 16 nitrogen and oxygen atoms in total. The number of benzene rings is 2. The number of nitrogens with zero attached hydrogens (tertiary/aromatic N) is 14. The van der Waals surface area contributed by atoms with Crippen molar-refractivity contribution in [2.24, 2.45) is 20.5 Å². The zero-order valence-corrected chi connectivity index (χ0v) is 26.8. The third-order valence-electron chi connectivity index (χ3n) is 6.35. The number of aromatic nitrogens is 4. The minimum absolute atomic E-state index is 0. The first-order valence-electron chi connectivity index (χ1n) is 13.9. The van der Waals surface area contributed by atoms with Gasteiger partial charge in [0.1, 0.15) is 40.8 Å². The Morgan fingerprint density at radius 3 is 1.57 bits per heavy atom. The molecule has 0 bridgehead atoms. The molecule has 2 heterocycles. The van der Waals surface area contributed by atoms with E-state index in [9.17, 15) is 10.2 Å². The van der Waals surface area contributed by atoms with Crippen molar-refractivity contribution in [1.82, 2.24) is 19.9 Å². The molecule has 239 valence electrons. The predicted octanol–water partition coefficient (Wildman–Crippen LogP) is 6.85. The molecule has 0 saturated heterocycles. The number of hydrogen-bond donors (Lipinski definition) is 2. The van der Waals surface area contributed by atoms with Crippen molar-refractivity contribution in [1.29, 1.82) is 10.5 Å². The van der Waals surface area contributed by atoms with Crippen LogP contribution in [0.1, 0.15) is 39.1 Å². The van der Waals surface area contributed by atoms with E-state index in [1.165, 1.54) is 0 Å². The molecule has 0 spiro atoms. The maximum atomic E-state index is 10.0. The molecule has 1 radical (unpaired) electrons. The first kappa shape index (κ1) is 36.9. The Hall–Kier alpha value is -6.27. The number of aromatic hydroxyl groups is 2. The Labute approximate surface area is 281 Å². The van der Waals surface area contributed by atoms with Crippen LogP contribution in [0.5, 0.6) is 11.5 Å². The topological polar surface area (TPSA) is 207 Å². The molecular formula is C30H28CoN14O2. The number of phenols is 2. The zero-order valence-electron chi connectivity index (χ0n) is 25.8. The molecule has 17 heteroatoms. The van der Waals surface area contributed by atoms with Gasteiger partial charge in [0, 0.05) is 55.6 Å². The number of rotatable bonds is 10. The van der Waals surface area contributed by atoms with Gasteiger partial charge in [0.2, 0.25) is 5.95 Å². The standard InChI is InChI=1S/2C15H14N7O.Co/c1-5-22(6-2)10-7-8-11(12(23)9-10)20-21-15-18-13(16-3)14(17-4)19-15;1-3-22(4-2)10-5-6-11(14(23)7-10)20-21-15-18-12(8-16)13(9-17)19-15;/h7-9H,5-6H2,1-2H3,(H-,18,19,20,21,23);5-7H,3-4H2,1-2H3,(H-,18,19,20,21,23);/q2*-1;+2. The fourth-order valence-electron chi connectivity index (χ4n) is 4.00. The number of nitriles is 2. The Bertz CT molecular complexity index is 1690. The van der Waals surface area contributed by atoms with Crippen LogP contribution < -0.4 is 19.8 Å². The summed E-state index contributed by atoms with van der Waals surface area (Å²) in [5, 5.41) is 52.9. The molecule has 2 N–H and O–H groups in total. The van der Waals surface area contributed by atoms with Gasteiger partial charge < -0.3 is 39.7 Å². The van der Waals surface area contributed by atoms with Crippen LogP contribution in [0, 0.1) is 35.8 Å². The molecule has 0 aliphatic heterocycles. The average molecular weight is 676 g/mol. The number of anilines is 2. The Morgan fingerprint density at radius 2 is 1.23 bits per heavy atom. The van der Waals surface area contributed by atoms with Crippen LogP contribution in [0.15, 0.2) is 56.9 Å². The second-order valence-electron chi connectivity index (χ2n) is 8.93. The van der Waals surface area contributed by atoms with Gasteiger partial charge in [-0.15, -0.1) is 10.2 Å². The van der Waals surface area contributed by atoms with Gasteiger partial charge in [-0.05, 0) is 52.0 Å². The van der Waals surface area contributed by atoms with Gasteiger partial charge in [0.15, 0.2) is 0 Å². The smallest absolute Gasteiger partial charge is 0.562 e. The van der Waals surface area contributed by atoms with Crippen molar-refractivity contribution < 1.29 is 27.0 Å². The van der Waals surface area contributed by atoms with Crippen LogP contribution >= 0.6 is 0 Å². The summed E-state index contributed by atoms with van der Waals surface area (Å²) in [7, 11) is 0. The van der Waals surface area contributed by atoms with Gasteiger partial charge in [0.05, 0.1) is 17.2 Å². The molecule has 0 aliphatic rings. The second-order valence-corrected chi connectivity index (χ2v) is 8.93. The molecule has 2 aromatic heterocycles. The van der Waals surface area contributed by atoms with Crippen molar-refractivity contribution in [3.8, 4) is 23.6 Å². The summed E-state index contributed by atoms with van der Waals surface area (Å²) in [4.78, 5) is 25.5. The summed E-state index contributed by atoms with van der Waals surface area (Å²) in [5.41, 5.74) is 2.10. The van der Waals surface area contributed by atoms with Crippen molar-refractivity contribution in [3.63, 3.8) is 0 Å². The number of imidazole rings is 2. The zero-order chi connectivity index (χ0) is 33.6. The van der Waals surface area contributed by atoms with E-state index in [0.29, 0.717) is 0 Å². The summed E-state index contributed by atoms with van der Waals surface area (Å²) < 4.78 is 0. The molecular weight excluding hydrogens is 647 g/mol. The second kappa shape index (κ2) is 17.9. The summed E-state index contributed by atoms with van der Waals surface area (Å²) in [5.74, 6) is -0.407. The molecule has 0 atom stereocenters. The van der Waals surface area contributed by atoms with Gasteiger partial charge in [-0.2, -0.15) is 10.5 Å². The van der Waals surface area contributed by atoms with Crippen LogP contribution in [0.2, 0.25) is 0 Å². The van der Waals surface area contributed by atoms with E-state index >= 15 is 0 Å². The maximum Gasteiger partial charge on any atom is 2.00 e. The third-order valence-corrected chi connectivity index (χ3v) is 6.35. The maximum absolute atomic E-state index is 10.0. The molecule has 4 rings (SSSR count). The first-order valence-corrected chi connectivity index (χ1v) is 13.9. The van der Waals surface area contributed by atoms with E-state index in [2.05, 4.69) is 59.9 Å². The minimum atomic E-state index is -0.102. The quantitative estimate of drug-likeness (QED) is 0.132. The normalized spacial score (nSPS) is 10.2. The van der Waals surface area contributed by atoms with Crippen LogP contribution in [-0.2, 0) is 16.8 Å². The molecule has 4 aromatic rings. The summed E-state index contributed by atoms with van der Waals surface area (Å²) in [6.07, 6.45) is 0. The van der Waals surface area contributed by atoms with Crippen molar-refractivity contribution in [2.75, 3.05) is 36.0 Å². The Kier molecular flexibility index (Phi) is 14.0. The fraction of sp³-hybridized carbons (Fsp3) is 0.267. The van der Waals surface area contributed by atoms with Gasteiger partial charge in [-0.1, -0.05) is 6.57 Å². The van der Waals surface area contributed by atoms with E-state index in [0.717, 1.165) is 37.6 Å². The first-order chi connectivity index (χ1) is 22.2. The van der Waals surface area contributed by atoms with Crippen molar-refractivity contribution in [3.05, 3.63) is 70.6 Å². The average Bonchev–Trinajstić information content (AvgIpc) is 3.68. The molecule has 0 aliphatic carbocycles. The summed E-state index contributed by atoms with van der Waals surface area (Å²) in [6.45, 7) is 25.2.